The third-order valence-corrected chi connectivity index (χ3v) is 3.96. The zero-order valence-electron chi connectivity index (χ0n) is 12.7. The molecular weight excluding hydrogens is 250 g/mol. The van der Waals surface area contributed by atoms with Gasteiger partial charge in [0.25, 0.3) is 0 Å². The second kappa shape index (κ2) is 6.86. The molecule has 2 rings (SSSR count). The molecule has 1 N–H and O–H groups in total. The zero-order valence-corrected chi connectivity index (χ0v) is 12.7. The van der Waals surface area contributed by atoms with E-state index in [1.807, 2.05) is 4.90 Å². The highest BCUT2D eigenvalue weighted by Gasteiger charge is 2.19. The molecule has 1 aromatic rings. The Kier molecular flexibility index (Phi) is 5.15. The lowest BCUT2D eigenvalue weighted by molar-refractivity contribution is -0.131. The monoisotopic (exact) mass is 275 g/mol. The fourth-order valence-electron chi connectivity index (χ4n) is 2.47. The van der Waals surface area contributed by atoms with Crippen LogP contribution in [0.1, 0.15) is 24.1 Å². The Hall–Kier alpha value is -1.39. The third kappa shape index (κ3) is 4.05. The van der Waals surface area contributed by atoms with Gasteiger partial charge in [-0.05, 0) is 26.5 Å². The molecule has 0 radical (unpaired) electrons. The zero-order chi connectivity index (χ0) is 14.5. The van der Waals surface area contributed by atoms with Crippen LogP contribution in [0.2, 0.25) is 0 Å². The van der Waals surface area contributed by atoms with E-state index in [0.717, 1.165) is 26.2 Å². The van der Waals surface area contributed by atoms with E-state index in [4.69, 9.17) is 0 Å². The molecule has 1 aliphatic rings. The second-order valence-corrected chi connectivity index (χ2v) is 5.70. The number of carbonyl (C=O) groups excluding carboxylic acids is 1. The number of piperazine rings is 1. The van der Waals surface area contributed by atoms with Crippen LogP contribution < -0.4 is 5.32 Å². The van der Waals surface area contributed by atoms with Crippen LogP contribution in [-0.4, -0.2) is 55.5 Å². The lowest BCUT2D eigenvalue weighted by Crippen LogP contribution is -2.49. The van der Waals surface area contributed by atoms with Crippen molar-refractivity contribution in [2.75, 3.05) is 39.8 Å². The number of benzene rings is 1. The van der Waals surface area contributed by atoms with Gasteiger partial charge in [-0.15, -0.1) is 0 Å². The molecular formula is C16H25N3O. The summed E-state index contributed by atoms with van der Waals surface area (Å²) in [6, 6.07) is 8.62. The summed E-state index contributed by atoms with van der Waals surface area (Å²) in [7, 11) is 2.10. The van der Waals surface area contributed by atoms with Crippen molar-refractivity contribution >= 4 is 5.91 Å². The molecule has 20 heavy (non-hydrogen) atoms. The number of nitrogens with zero attached hydrogens (tertiary/aromatic N) is 2. The number of likely N-dealkylation sites (N-methyl/N-ethyl adjacent to an activating group) is 1. The molecule has 4 heteroatoms. The van der Waals surface area contributed by atoms with Crippen molar-refractivity contribution in [3.05, 3.63) is 35.4 Å². The summed E-state index contributed by atoms with van der Waals surface area (Å²) < 4.78 is 0. The van der Waals surface area contributed by atoms with Gasteiger partial charge in [0.2, 0.25) is 5.91 Å². The fourth-order valence-corrected chi connectivity index (χ4v) is 2.47. The first-order valence-electron chi connectivity index (χ1n) is 7.32. The Labute approximate surface area is 121 Å². The van der Waals surface area contributed by atoms with Gasteiger partial charge in [-0.1, -0.05) is 29.8 Å². The summed E-state index contributed by atoms with van der Waals surface area (Å²) >= 11 is 0. The van der Waals surface area contributed by atoms with E-state index >= 15 is 0 Å². The number of hydrogen-bond donors (Lipinski definition) is 1. The van der Waals surface area contributed by atoms with Crippen molar-refractivity contribution in [2.24, 2.45) is 0 Å². The van der Waals surface area contributed by atoms with Crippen LogP contribution in [0.3, 0.4) is 0 Å². The molecule has 1 atom stereocenters. The highest BCUT2D eigenvalue weighted by atomic mass is 16.2. The van der Waals surface area contributed by atoms with Crippen molar-refractivity contribution in [2.45, 2.75) is 19.9 Å². The van der Waals surface area contributed by atoms with Crippen LogP contribution in [-0.2, 0) is 4.79 Å². The molecule has 0 bridgehead atoms. The van der Waals surface area contributed by atoms with Gasteiger partial charge in [-0.2, -0.15) is 0 Å². The van der Waals surface area contributed by atoms with E-state index in [2.05, 4.69) is 55.4 Å². The average Bonchev–Trinajstić information content (AvgIpc) is 2.45. The van der Waals surface area contributed by atoms with E-state index in [9.17, 15) is 4.79 Å². The SMILES string of the molecule is Cc1cccc([C@@H](C)NCC(=O)N2CCN(C)CC2)c1. The molecule has 1 heterocycles. The van der Waals surface area contributed by atoms with Gasteiger partial charge < -0.3 is 15.1 Å². The Balaban J connectivity index is 1.81. The maximum absolute atomic E-state index is 12.2. The van der Waals surface area contributed by atoms with Crippen LogP contribution in [0, 0.1) is 6.92 Å². The second-order valence-electron chi connectivity index (χ2n) is 5.70. The molecule has 1 aliphatic heterocycles. The Morgan fingerprint density at radius 1 is 1.30 bits per heavy atom. The normalized spacial score (nSPS) is 18.1. The molecule has 0 aliphatic carbocycles. The number of hydrogen-bond acceptors (Lipinski definition) is 3. The van der Waals surface area contributed by atoms with Crippen molar-refractivity contribution in [3.8, 4) is 0 Å². The summed E-state index contributed by atoms with van der Waals surface area (Å²) in [6.07, 6.45) is 0. The molecule has 1 fully saturated rings. The van der Waals surface area contributed by atoms with Crippen LogP contribution in [0.15, 0.2) is 24.3 Å². The van der Waals surface area contributed by atoms with Crippen LogP contribution in [0.4, 0.5) is 0 Å². The van der Waals surface area contributed by atoms with Crippen molar-refractivity contribution < 1.29 is 4.79 Å². The van der Waals surface area contributed by atoms with E-state index < -0.39 is 0 Å². The van der Waals surface area contributed by atoms with Crippen molar-refractivity contribution in [3.63, 3.8) is 0 Å². The van der Waals surface area contributed by atoms with Crippen LogP contribution in [0.5, 0.6) is 0 Å². The molecule has 1 saturated heterocycles. The first-order valence-corrected chi connectivity index (χ1v) is 7.32. The smallest absolute Gasteiger partial charge is 0.236 e. The van der Waals surface area contributed by atoms with E-state index in [-0.39, 0.29) is 11.9 Å². The van der Waals surface area contributed by atoms with Gasteiger partial charge in [0, 0.05) is 32.2 Å². The predicted octanol–water partition coefficient (Wildman–Crippen LogP) is 1.42. The number of aryl methyl sites for hydroxylation is 1. The predicted molar refractivity (Wildman–Crippen MR) is 81.7 cm³/mol. The minimum absolute atomic E-state index is 0.200. The number of amides is 1. The molecule has 1 amide bonds. The van der Waals surface area contributed by atoms with Gasteiger partial charge >= 0.3 is 0 Å². The third-order valence-electron chi connectivity index (χ3n) is 3.96. The lowest BCUT2D eigenvalue weighted by Gasteiger charge is -2.32. The van der Waals surface area contributed by atoms with Gasteiger partial charge in [-0.3, -0.25) is 4.79 Å². The molecule has 0 saturated carbocycles. The summed E-state index contributed by atoms with van der Waals surface area (Å²) in [5.41, 5.74) is 2.48. The van der Waals surface area contributed by atoms with E-state index in [1.165, 1.54) is 11.1 Å². The topological polar surface area (TPSA) is 35.6 Å². The van der Waals surface area contributed by atoms with Crippen LogP contribution >= 0.6 is 0 Å². The summed E-state index contributed by atoms with van der Waals surface area (Å²) in [5, 5.41) is 3.33. The van der Waals surface area contributed by atoms with Crippen LogP contribution in [0.25, 0.3) is 0 Å². The fraction of sp³-hybridized carbons (Fsp3) is 0.562. The summed E-state index contributed by atoms with van der Waals surface area (Å²) in [4.78, 5) is 16.4. The first kappa shape index (κ1) is 15.0. The van der Waals surface area contributed by atoms with Crippen molar-refractivity contribution in [1.29, 1.82) is 0 Å². The molecule has 110 valence electrons. The average molecular weight is 275 g/mol. The number of nitrogens with one attached hydrogen (secondary N) is 1. The van der Waals surface area contributed by atoms with E-state index in [1.54, 1.807) is 0 Å². The molecule has 0 aromatic heterocycles. The highest BCUT2D eigenvalue weighted by molar-refractivity contribution is 5.78. The largest absolute Gasteiger partial charge is 0.339 e. The molecule has 4 nitrogen and oxygen atoms in total. The standard InChI is InChI=1S/C16H25N3O/c1-13-5-4-6-15(11-13)14(2)17-12-16(20)19-9-7-18(3)8-10-19/h4-6,11,14,17H,7-10,12H2,1-3H3/t14-/m1/s1. The first-order chi connectivity index (χ1) is 9.56. The maximum Gasteiger partial charge on any atom is 0.236 e. The quantitative estimate of drug-likeness (QED) is 0.903. The highest BCUT2D eigenvalue weighted by Crippen LogP contribution is 2.13. The number of carbonyl (C=O) groups is 1. The van der Waals surface area contributed by atoms with E-state index in [0.29, 0.717) is 6.54 Å². The van der Waals surface area contributed by atoms with Gasteiger partial charge in [-0.25, -0.2) is 0 Å². The Morgan fingerprint density at radius 2 is 2.00 bits per heavy atom. The molecule has 1 aromatic carbocycles. The molecule has 0 unspecified atom stereocenters. The minimum atomic E-state index is 0.200. The minimum Gasteiger partial charge on any atom is -0.339 e. The Morgan fingerprint density at radius 3 is 2.65 bits per heavy atom. The number of rotatable bonds is 4. The van der Waals surface area contributed by atoms with Gasteiger partial charge in [0.1, 0.15) is 0 Å². The van der Waals surface area contributed by atoms with Crippen molar-refractivity contribution in [1.82, 2.24) is 15.1 Å². The summed E-state index contributed by atoms with van der Waals surface area (Å²) in [5.74, 6) is 0.206. The van der Waals surface area contributed by atoms with Gasteiger partial charge in [0.05, 0.1) is 6.54 Å². The summed E-state index contributed by atoms with van der Waals surface area (Å²) in [6.45, 7) is 8.24. The molecule has 0 spiro atoms. The Bertz CT molecular complexity index is 453. The maximum atomic E-state index is 12.2. The lowest BCUT2D eigenvalue weighted by atomic mass is 10.1. The van der Waals surface area contributed by atoms with Gasteiger partial charge in [0.15, 0.2) is 0 Å².